The standard InChI is InChI=1S/C17H27Cl2N5/c1-4-20-17(21-10-13-5-6-14(18)9-16(13)19)22-11-15-12-23(2)7-8-24(15)3/h5-6,9,15H,4,7-8,10-12H2,1-3H3,(H2,20,21,22). The summed E-state index contributed by atoms with van der Waals surface area (Å²) in [6.45, 7) is 7.54. The Labute approximate surface area is 155 Å². The molecule has 1 heterocycles. The van der Waals surface area contributed by atoms with Crippen molar-refractivity contribution in [2.75, 3.05) is 46.8 Å². The molecule has 134 valence electrons. The van der Waals surface area contributed by atoms with E-state index in [0.29, 0.717) is 22.6 Å². The zero-order valence-corrected chi connectivity index (χ0v) is 16.2. The number of rotatable bonds is 5. The van der Waals surface area contributed by atoms with E-state index in [9.17, 15) is 0 Å². The minimum atomic E-state index is 0.478. The molecular weight excluding hydrogens is 345 g/mol. The molecular formula is C17H27Cl2N5. The lowest BCUT2D eigenvalue weighted by Crippen LogP contribution is -2.55. The molecule has 2 N–H and O–H groups in total. The molecule has 1 aromatic carbocycles. The zero-order valence-electron chi connectivity index (χ0n) is 14.6. The fraction of sp³-hybridized carbons (Fsp3) is 0.588. The summed E-state index contributed by atoms with van der Waals surface area (Å²) in [7, 11) is 4.35. The number of hydrogen-bond acceptors (Lipinski definition) is 3. The summed E-state index contributed by atoms with van der Waals surface area (Å²) in [5.74, 6) is 0.810. The van der Waals surface area contributed by atoms with Crippen molar-refractivity contribution in [3.05, 3.63) is 33.8 Å². The van der Waals surface area contributed by atoms with Crippen LogP contribution in [0.25, 0.3) is 0 Å². The summed E-state index contributed by atoms with van der Waals surface area (Å²) in [6.07, 6.45) is 0. The molecule has 2 rings (SSSR count). The van der Waals surface area contributed by atoms with Gasteiger partial charge in [-0.3, -0.25) is 4.90 Å². The molecule has 0 aliphatic carbocycles. The van der Waals surface area contributed by atoms with Gasteiger partial charge in [0.15, 0.2) is 5.96 Å². The molecule has 1 fully saturated rings. The second-order valence-corrected chi connectivity index (χ2v) is 7.05. The Hall–Kier alpha value is -1.01. The lowest BCUT2D eigenvalue weighted by molar-refractivity contribution is 0.116. The van der Waals surface area contributed by atoms with Crippen LogP contribution in [0.2, 0.25) is 10.0 Å². The first-order valence-electron chi connectivity index (χ1n) is 8.34. The van der Waals surface area contributed by atoms with Gasteiger partial charge in [0.25, 0.3) is 0 Å². The highest BCUT2D eigenvalue weighted by molar-refractivity contribution is 6.35. The molecule has 7 heteroatoms. The van der Waals surface area contributed by atoms with Crippen LogP contribution in [0, 0.1) is 0 Å². The van der Waals surface area contributed by atoms with Crippen molar-refractivity contribution in [3.8, 4) is 0 Å². The Balaban J connectivity index is 1.95. The first-order valence-corrected chi connectivity index (χ1v) is 9.10. The summed E-state index contributed by atoms with van der Waals surface area (Å²) in [5, 5.41) is 8.02. The van der Waals surface area contributed by atoms with Crippen LogP contribution in [0.4, 0.5) is 0 Å². The maximum absolute atomic E-state index is 6.22. The van der Waals surface area contributed by atoms with Crippen molar-refractivity contribution in [2.45, 2.75) is 19.5 Å². The number of nitrogens with zero attached hydrogens (tertiary/aromatic N) is 3. The quantitative estimate of drug-likeness (QED) is 0.615. The zero-order chi connectivity index (χ0) is 17.5. The summed E-state index contributed by atoms with van der Waals surface area (Å²) in [6, 6.07) is 5.99. The molecule has 0 radical (unpaired) electrons. The molecule has 0 saturated carbocycles. The molecule has 24 heavy (non-hydrogen) atoms. The van der Waals surface area contributed by atoms with Crippen LogP contribution >= 0.6 is 23.2 Å². The number of guanidine groups is 1. The van der Waals surface area contributed by atoms with Crippen LogP contribution in [0.15, 0.2) is 23.2 Å². The van der Waals surface area contributed by atoms with E-state index < -0.39 is 0 Å². The van der Waals surface area contributed by atoms with Gasteiger partial charge in [-0.2, -0.15) is 0 Å². The third kappa shape index (κ3) is 5.81. The minimum Gasteiger partial charge on any atom is -0.357 e. The van der Waals surface area contributed by atoms with Gasteiger partial charge in [0.05, 0.1) is 6.54 Å². The largest absolute Gasteiger partial charge is 0.357 e. The third-order valence-corrected chi connectivity index (χ3v) is 4.84. The molecule has 1 atom stereocenters. The van der Waals surface area contributed by atoms with Crippen LogP contribution in [-0.2, 0) is 6.54 Å². The number of hydrogen-bond donors (Lipinski definition) is 2. The number of piperazine rings is 1. The lowest BCUT2D eigenvalue weighted by Gasteiger charge is -2.37. The Bertz CT molecular complexity index is 564. The van der Waals surface area contributed by atoms with Gasteiger partial charge in [0.2, 0.25) is 0 Å². The summed E-state index contributed by atoms with van der Waals surface area (Å²) in [5.41, 5.74) is 0.966. The highest BCUT2D eigenvalue weighted by Gasteiger charge is 2.22. The molecule has 1 saturated heterocycles. The van der Waals surface area contributed by atoms with E-state index in [0.717, 1.165) is 44.2 Å². The SMILES string of the molecule is CCNC(=NCc1ccc(Cl)cc1Cl)NCC1CN(C)CCN1C. The van der Waals surface area contributed by atoms with Crippen molar-refractivity contribution in [1.82, 2.24) is 20.4 Å². The van der Waals surface area contributed by atoms with Crippen molar-refractivity contribution >= 4 is 29.2 Å². The van der Waals surface area contributed by atoms with Gasteiger partial charge in [-0.05, 0) is 38.7 Å². The summed E-state index contributed by atoms with van der Waals surface area (Å²) >= 11 is 12.2. The van der Waals surface area contributed by atoms with Crippen LogP contribution in [0.5, 0.6) is 0 Å². The van der Waals surface area contributed by atoms with E-state index in [1.807, 2.05) is 12.1 Å². The van der Waals surface area contributed by atoms with E-state index in [-0.39, 0.29) is 0 Å². The Morgan fingerprint density at radius 3 is 2.75 bits per heavy atom. The number of halogens is 2. The number of benzene rings is 1. The van der Waals surface area contributed by atoms with Crippen LogP contribution in [0.3, 0.4) is 0 Å². The van der Waals surface area contributed by atoms with E-state index in [1.165, 1.54) is 0 Å². The number of aliphatic imine (C=N–C) groups is 1. The Morgan fingerprint density at radius 2 is 2.04 bits per heavy atom. The maximum Gasteiger partial charge on any atom is 0.191 e. The third-order valence-electron chi connectivity index (χ3n) is 4.25. The highest BCUT2D eigenvalue weighted by atomic mass is 35.5. The second kappa shape index (κ2) is 9.47. The van der Waals surface area contributed by atoms with Crippen LogP contribution in [-0.4, -0.2) is 68.6 Å². The van der Waals surface area contributed by atoms with Gasteiger partial charge in [0.1, 0.15) is 0 Å². The van der Waals surface area contributed by atoms with Gasteiger partial charge in [0, 0.05) is 48.8 Å². The molecule has 0 aromatic heterocycles. The predicted octanol–water partition coefficient (Wildman–Crippen LogP) is 2.29. The normalized spacial score (nSPS) is 20.2. The van der Waals surface area contributed by atoms with Crippen LogP contribution in [0.1, 0.15) is 12.5 Å². The monoisotopic (exact) mass is 371 g/mol. The molecule has 5 nitrogen and oxygen atoms in total. The first kappa shape index (κ1) is 19.3. The minimum absolute atomic E-state index is 0.478. The van der Waals surface area contributed by atoms with Crippen molar-refractivity contribution < 1.29 is 0 Å². The van der Waals surface area contributed by atoms with Gasteiger partial charge in [-0.25, -0.2) is 4.99 Å². The van der Waals surface area contributed by atoms with E-state index in [2.05, 4.69) is 46.4 Å². The van der Waals surface area contributed by atoms with E-state index in [4.69, 9.17) is 23.2 Å². The number of nitrogens with one attached hydrogen (secondary N) is 2. The molecule has 0 amide bonds. The van der Waals surface area contributed by atoms with E-state index >= 15 is 0 Å². The Kier molecular flexibility index (Phi) is 7.62. The molecule has 1 aliphatic rings. The fourth-order valence-electron chi connectivity index (χ4n) is 2.69. The average Bonchev–Trinajstić information content (AvgIpc) is 2.54. The smallest absolute Gasteiger partial charge is 0.191 e. The van der Waals surface area contributed by atoms with Crippen molar-refractivity contribution in [3.63, 3.8) is 0 Å². The highest BCUT2D eigenvalue weighted by Crippen LogP contribution is 2.21. The Morgan fingerprint density at radius 1 is 1.25 bits per heavy atom. The molecule has 0 spiro atoms. The average molecular weight is 372 g/mol. The maximum atomic E-state index is 6.22. The second-order valence-electron chi connectivity index (χ2n) is 6.21. The first-order chi connectivity index (χ1) is 11.5. The molecule has 0 bridgehead atoms. The topological polar surface area (TPSA) is 42.9 Å². The van der Waals surface area contributed by atoms with Crippen molar-refractivity contribution in [2.24, 2.45) is 4.99 Å². The van der Waals surface area contributed by atoms with Gasteiger partial charge in [-0.15, -0.1) is 0 Å². The van der Waals surface area contributed by atoms with Gasteiger partial charge < -0.3 is 15.5 Å². The van der Waals surface area contributed by atoms with Crippen LogP contribution < -0.4 is 10.6 Å². The van der Waals surface area contributed by atoms with E-state index in [1.54, 1.807) is 6.07 Å². The predicted molar refractivity (Wildman–Crippen MR) is 103 cm³/mol. The fourth-order valence-corrected chi connectivity index (χ4v) is 3.16. The molecule has 1 aliphatic heterocycles. The summed E-state index contributed by atoms with van der Waals surface area (Å²) < 4.78 is 0. The molecule has 1 unspecified atom stereocenters. The van der Waals surface area contributed by atoms with Gasteiger partial charge in [-0.1, -0.05) is 29.3 Å². The van der Waals surface area contributed by atoms with Gasteiger partial charge >= 0.3 is 0 Å². The summed E-state index contributed by atoms with van der Waals surface area (Å²) in [4.78, 5) is 9.40. The molecule has 1 aromatic rings. The van der Waals surface area contributed by atoms with Crippen molar-refractivity contribution in [1.29, 1.82) is 0 Å². The lowest BCUT2D eigenvalue weighted by atomic mass is 10.2. The number of likely N-dealkylation sites (N-methyl/N-ethyl adjacent to an activating group) is 2.